The summed E-state index contributed by atoms with van der Waals surface area (Å²) in [5.41, 5.74) is 3.23. The van der Waals surface area contributed by atoms with E-state index in [0.29, 0.717) is 22.2 Å². The topological polar surface area (TPSA) is 92.2 Å². The minimum Gasteiger partial charge on any atom is -0.460 e. The van der Waals surface area contributed by atoms with E-state index < -0.39 is 5.97 Å². The first-order valence-corrected chi connectivity index (χ1v) is 10.2. The fourth-order valence-corrected chi connectivity index (χ4v) is 3.83. The van der Waals surface area contributed by atoms with Crippen molar-refractivity contribution in [3.63, 3.8) is 0 Å². The first-order chi connectivity index (χ1) is 15.6. The van der Waals surface area contributed by atoms with Crippen LogP contribution in [0.3, 0.4) is 0 Å². The summed E-state index contributed by atoms with van der Waals surface area (Å²) in [5.74, 6) is -0.469. The highest BCUT2D eigenvalue weighted by Crippen LogP contribution is 2.27. The van der Waals surface area contributed by atoms with E-state index in [1.54, 1.807) is 17.7 Å². The van der Waals surface area contributed by atoms with E-state index in [4.69, 9.17) is 9.15 Å². The lowest BCUT2D eigenvalue weighted by molar-refractivity contribution is 0.0490. The molecule has 0 saturated carbocycles. The Morgan fingerprint density at radius 3 is 2.69 bits per heavy atom. The summed E-state index contributed by atoms with van der Waals surface area (Å²) in [4.78, 5) is 30.2. The summed E-state index contributed by atoms with van der Waals surface area (Å²) in [6.07, 6.45) is 2.99. The molecule has 0 atom stereocenters. The van der Waals surface area contributed by atoms with Crippen LogP contribution < -0.4 is 5.56 Å². The largest absolute Gasteiger partial charge is 0.460 e. The van der Waals surface area contributed by atoms with Crippen molar-refractivity contribution in [1.29, 1.82) is 0 Å². The Kier molecular flexibility index (Phi) is 4.82. The highest BCUT2D eigenvalue weighted by atomic mass is 16.5. The van der Waals surface area contributed by atoms with Crippen molar-refractivity contribution in [1.82, 2.24) is 19.3 Å². The minimum atomic E-state index is -0.562. The number of ether oxygens (including phenoxy) is 1. The maximum absolute atomic E-state index is 13.3. The van der Waals surface area contributed by atoms with Gasteiger partial charge in [0.15, 0.2) is 5.65 Å². The van der Waals surface area contributed by atoms with Gasteiger partial charge in [-0.3, -0.25) is 9.36 Å². The van der Waals surface area contributed by atoms with Crippen LogP contribution in [0, 0.1) is 6.92 Å². The predicted octanol–water partition coefficient (Wildman–Crippen LogP) is 3.86. The van der Waals surface area contributed by atoms with Crippen molar-refractivity contribution >= 4 is 28.0 Å². The van der Waals surface area contributed by atoms with Crippen molar-refractivity contribution in [2.75, 3.05) is 6.61 Å². The van der Waals surface area contributed by atoms with Gasteiger partial charge in [0.1, 0.15) is 17.3 Å². The average Bonchev–Trinajstić information content (AvgIpc) is 3.39. The molecule has 0 bridgehead atoms. The molecule has 0 aliphatic rings. The maximum atomic E-state index is 13.3. The van der Waals surface area contributed by atoms with Gasteiger partial charge >= 0.3 is 5.97 Å². The van der Waals surface area contributed by atoms with Gasteiger partial charge < -0.3 is 9.15 Å². The van der Waals surface area contributed by atoms with Gasteiger partial charge in [-0.15, -0.1) is 0 Å². The molecule has 32 heavy (non-hydrogen) atoms. The zero-order valence-electron chi connectivity index (χ0n) is 17.6. The standard InChI is InChI=1S/C24H20N4O4/c1-3-31-24(30)21-18(16-9-5-7-11-20(16)32-21)13-27-14-25-22-17(23(27)29)12-26-28(22)19-10-6-4-8-15(19)2/h4-12,14H,3,13H2,1-2H3. The molecule has 0 aliphatic heterocycles. The summed E-state index contributed by atoms with van der Waals surface area (Å²) < 4.78 is 14.0. The molecule has 0 amide bonds. The number of benzene rings is 2. The summed E-state index contributed by atoms with van der Waals surface area (Å²) in [6, 6.07) is 15.1. The van der Waals surface area contributed by atoms with Crippen LogP contribution in [0.2, 0.25) is 0 Å². The summed E-state index contributed by atoms with van der Waals surface area (Å²) >= 11 is 0. The normalized spacial score (nSPS) is 11.3. The molecule has 160 valence electrons. The molecule has 0 aliphatic carbocycles. The number of aryl methyl sites for hydroxylation is 1. The van der Waals surface area contributed by atoms with Crippen LogP contribution in [0.4, 0.5) is 0 Å². The number of carbonyl (C=O) groups is 1. The number of para-hydroxylation sites is 2. The van der Waals surface area contributed by atoms with Gasteiger partial charge in [0.05, 0.1) is 25.0 Å². The average molecular weight is 428 g/mol. The first kappa shape index (κ1) is 19.7. The second kappa shape index (κ2) is 7.81. The van der Waals surface area contributed by atoms with Gasteiger partial charge in [-0.1, -0.05) is 36.4 Å². The Balaban J connectivity index is 1.62. The van der Waals surface area contributed by atoms with Gasteiger partial charge in [-0.25, -0.2) is 14.5 Å². The number of fused-ring (bicyclic) bond motifs is 2. The lowest BCUT2D eigenvalue weighted by Gasteiger charge is -2.08. The van der Waals surface area contributed by atoms with E-state index >= 15 is 0 Å². The second-order valence-corrected chi connectivity index (χ2v) is 7.38. The smallest absolute Gasteiger partial charge is 0.374 e. The molecule has 0 saturated heterocycles. The molecule has 0 N–H and O–H groups in total. The number of carbonyl (C=O) groups excluding carboxylic acids is 1. The number of hydrogen-bond donors (Lipinski definition) is 0. The molecule has 0 spiro atoms. The molecule has 0 fully saturated rings. The van der Waals surface area contributed by atoms with Crippen molar-refractivity contribution in [3.05, 3.63) is 88.3 Å². The second-order valence-electron chi connectivity index (χ2n) is 7.38. The van der Waals surface area contributed by atoms with Gasteiger partial charge in [0, 0.05) is 10.9 Å². The maximum Gasteiger partial charge on any atom is 0.374 e. The first-order valence-electron chi connectivity index (χ1n) is 10.2. The predicted molar refractivity (Wildman–Crippen MR) is 119 cm³/mol. The van der Waals surface area contributed by atoms with Crippen LogP contribution in [0.5, 0.6) is 0 Å². The molecule has 5 aromatic rings. The Bertz CT molecular complexity index is 1530. The number of hydrogen-bond acceptors (Lipinski definition) is 6. The summed E-state index contributed by atoms with van der Waals surface area (Å²) in [6.45, 7) is 4.04. The quantitative estimate of drug-likeness (QED) is 0.395. The molecular formula is C24H20N4O4. The third-order valence-corrected chi connectivity index (χ3v) is 5.39. The fraction of sp³-hybridized carbons (Fsp3) is 0.167. The van der Waals surface area contributed by atoms with E-state index in [-0.39, 0.29) is 24.5 Å². The number of nitrogens with zero attached hydrogens (tertiary/aromatic N) is 4. The zero-order chi connectivity index (χ0) is 22.2. The highest BCUT2D eigenvalue weighted by molar-refractivity contribution is 5.96. The lowest BCUT2D eigenvalue weighted by Crippen LogP contribution is -2.22. The number of esters is 1. The van der Waals surface area contributed by atoms with Crippen molar-refractivity contribution in [3.8, 4) is 5.69 Å². The monoisotopic (exact) mass is 428 g/mol. The van der Waals surface area contributed by atoms with Crippen LogP contribution in [0.1, 0.15) is 28.6 Å². The number of aromatic nitrogens is 4. The van der Waals surface area contributed by atoms with Crippen LogP contribution in [-0.4, -0.2) is 31.9 Å². The molecule has 2 aromatic carbocycles. The molecule has 3 aromatic heterocycles. The van der Waals surface area contributed by atoms with Gasteiger partial charge in [-0.05, 0) is 31.5 Å². The van der Waals surface area contributed by atoms with Crippen LogP contribution in [0.25, 0.3) is 27.7 Å². The molecule has 0 unspecified atom stereocenters. The molecular weight excluding hydrogens is 408 g/mol. The Morgan fingerprint density at radius 1 is 1.09 bits per heavy atom. The highest BCUT2D eigenvalue weighted by Gasteiger charge is 2.23. The van der Waals surface area contributed by atoms with Crippen LogP contribution in [-0.2, 0) is 11.3 Å². The van der Waals surface area contributed by atoms with Gasteiger partial charge in [0.25, 0.3) is 5.56 Å². The van der Waals surface area contributed by atoms with Crippen molar-refractivity contribution in [2.45, 2.75) is 20.4 Å². The Labute approximate surface area is 182 Å². The third kappa shape index (κ3) is 3.17. The SMILES string of the molecule is CCOC(=O)c1oc2ccccc2c1Cn1cnc2c(cnn2-c2ccccc2C)c1=O. The molecule has 0 radical (unpaired) electrons. The van der Waals surface area contributed by atoms with E-state index in [0.717, 1.165) is 16.6 Å². The Morgan fingerprint density at radius 2 is 1.88 bits per heavy atom. The fourth-order valence-electron chi connectivity index (χ4n) is 3.83. The Hall–Kier alpha value is -4.20. The van der Waals surface area contributed by atoms with E-state index in [2.05, 4.69) is 10.1 Å². The van der Waals surface area contributed by atoms with Gasteiger partial charge in [-0.2, -0.15) is 5.10 Å². The van der Waals surface area contributed by atoms with Gasteiger partial charge in [0.2, 0.25) is 5.76 Å². The van der Waals surface area contributed by atoms with Crippen molar-refractivity contribution < 1.29 is 13.9 Å². The third-order valence-electron chi connectivity index (χ3n) is 5.39. The molecule has 5 rings (SSSR count). The minimum absolute atomic E-state index is 0.0932. The summed E-state index contributed by atoms with van der Waals surface area (Å²) in [5, 5.41) is 5.53. The van der Waals surface area contributed by atoms with Crippen LogP contribution in [0.15, 0.2) is 70.3 Å². The molecule has 8 nitrogen and oxygen atoms in total. The van der Waals surface area contributed by atoms with Crippen LogP contribution >= 0.6 is 0 Å². The molecule has 3 heterocycles. The van der Waals surface area contributed by atoms with Crippen molar-refractivity contribution in [2.24, 2.45) is 0 Å². The number of furan rings is 1. The zero-order valence-corrected chi connectivity index (χ0v) is 17.6. The molecule has 8 heteroatoms. The summed E-state index contributed by atoms with van der Waals surface area (Å²) in [7, 11) is 0. The number of rotatable bonds is 5. The van der Waals surface area contributed by atoms with E-state index in [1.165, 1.54) is 17.1 Å². The van der Waals surface area contributed by atoms with E-state index in [1.807, 2.05) is 49.4 Å². The van der Waals surface area contributed by atoms with E-state index in [9.17, 15) is 9.59 Å². The lowest BCUT2D eigenvalue weighted by atomic mass is 10.1.